The van der Waals surface area contributed by atoms with Gasteiger partial charge >= 0.3 is 0 Å². The molecule has 1 aromatic heterocycles. The van der Waals surface area contributed by atoms with Crippen LogP contribution in [0.2, 0.25) is 0 Å². The number of nitrogens with zero attached hydrogens (tertiary/aromatic N) is 2. The molecule has 3 rings (SSSR count). The minimum atomic E-state index is -3.75. The Kier molecular flexibility index (Phi) is 5.73. The highest BCUT2D eigenvalue weighted by Gasteiger charge is 2.22. The Balaban J connectivity index is 1.74. The van der Waals surface area contributed by atoms with E-state index in [2.05, 4.69) is 19.6 Å². The van der Waals surface area contributed by atoms with E-state index < -0.39 is 26.1 Å². The van der Waals surface area contributed by atoms with E-state index >= 15 is 0 Å². The van der Waals surface area contributed by atoms with Crippen LogP contribution in [0.4, 0.5) is 5.69 Å². The van der Waals surface area contributed by atoms with Gasteiger partial charge in [0, 0.05) is 11.3 Å². The van der Waals surface area contributed by atoms with Gasteiger partial charge in [-0.25, -0.2) is 16.8 Å². The Bertz CT molecular complexity index is 1200. The summed E-state index contributed by atoms with van der Waals surface area (Å²) in [5.74, 6) is 0.362. The predicted molar refractivity (Wildman–Crippen MR) is 108 cm³/mol. The molecule has 0 aliphatic rings. The monoisotopic (exact) mass is 436 g/mol. The van der Waals surface area contributed by atoms with Gasteiger partial charge in [-0.1, -0.05) is 22.9 Å². The Hall–Kier alpha value is -2.76. The summed E-state index contributed by atoms with van der Waals surface area (Å²) in [7, 11) is -7.12. The van der Waals surface area contributed by atoms with Gasteiger partial charge in [0.2, 0.25) is 31.8 Å². The average Bonchev–Trinajstić information content (AvgIpc) is 3.11. The van der Waals surface area contributed by atoms with Crippen LogP contribution in [-0.4, -0.2) is 33.2 Å². The molecule has 11 heteroatoms. The standard InChI is InChI=1S/C18H20N4O5S2/c1-12-4-10-16(11-5-12)29(25,26)21-13(2)18-19-17(20-27-18)14-6-8-15(9-7-14)22-28(3,23)24/h4-11,13,21-22H,1-3H3/t13-/m1/s1. The van der Waals surface area contributed by atoms with Gasteiger partial charge in [0.25, 0.3) is 0 Å². The normalized spacial score (nSPS) is 13.2. The molecule has 3 aromatic rings. The van der Waals surface area contributed by atoms with E-state index in [4.69, 9.17) is 4.52 Å². The van der Waals surface area contributed by atoms with Gasteiger partial charge < -0.3 is 4.52 Å². The van der Waals surface area contributed by atoms with Crippen molar-refractivity contribution in [3.63, 3.8) is 0 Å². The summed E-state index contributed by atoms with van der Waals surface area (Å²) >= 11 is 0. The highest BCUT2D eigenvalue weighted by atomic mass is 32.2. The first-order valence-corrected chi connectivity index (χ1v) is 11.9. The third-order valence-corrected chi connectivity index (χ3v) is 6.08. The fraction of sp³-hybridized carbons (Fsp3) is 0.222. The molecule has 0 saturated heterocycles. The molecule has 0 amide bonds. The largest absolute Gasteiger partial charge is 0.337 e. The second kappa shape index (κ2) is 7.93. The number of sulfonamides is 2. The molecule has 0 saturated carbocycles. The molecule has 0 bridgehead atoms. The van der Waals surface area contributed by atoms with Crippen molar-refractivity contribution in [2.75, 3.05) is 11.0 Å². The second-order valence-electron chi connectivity index (χ2n) is 6.56. The Morgan fingerprint density at radius 2 is 1.59 bits per heavy atom. The Morgan fingerprint density at radius 3 is 2.17 bits per heavy atom. The number of rotatable bonds is 7. The number of hydrogen-bond donors (Lipinski definition) is 2. The zero-order chi connectivity index (χ0) is 21.2. The van der Waals surface area contributed by atoms with E-state index in [-0.39, 0.29) is 16.6 Å². The maximum absolute atomic E-state index is 12.5. The van der Waals surface area contributed by atoms with E-state index in [0.717, 1.165) is 11.8 Å². The number of hydrogen-bond acceptors (Lipinski definition) is 7. The number of benzene rings is 2. The topological polar surface area (TPSA) is 131 Å². The van der Waals surface area contributed by atoms with E-state index in [1.165, 1.54) is 12.1 Å². The van der Waals surface area contributed by atoms with Crippen LogP contribution < -0.4 is 9.44 Å². The lowest BCUT2D eigenvalue weighted by molar-refractivity contribution is 0.354. The number of nitrogens with one attached hydrogen (secondary N) is 2. The van der Waals surface area contributed by atoms with Crippen molar-refractivity contribution in [2.24, 2.45) is 0 Å². The van der Waals surface area contributed by atoms with Crippen molar-refractivity contribution in [3.8, 4) is 11.4 Å². The van der Waals surface area contributed by atoms with Gasteiger partial charge in [0.05, 0.1) is 17.2 Å². The lowest BCUT2D eigenvalue weighted by atomic mass is 10.2. The third kappa shape index (κ3) is 5.40. The third-order valence-electron chi connectivity index (χ3n) is 3.92. The molecular weight excluding hydrogens is 416 g/mol. The van der Waals surface area contributed by atoms with Crippen molar-refractivity contribution < 1.29 is 21.4 Å². The van der Waals surface area contributed by atoms with Crippen LogP contribution in [0.5, 0.6) is 0 Å². The quantitative estimate of drug-likeness (QED) is 0.581. The maximum atomic E-state index is 12.5. The number of aryl methyl sites for hydroxylation is 1. The van der Waals surface area contributed by atoms with Crippen molar-refractivity contribution in [1.29, 1.82) is 0 Å². The van der Waals surface area contributed by atoms with Gasteiger partial charge in [0.1, 0.15) is 0 Å². The fourth-order valence-electron chi connectivity index (χ4n) is 2.50. The summed E-state index contributed by atoms with van der Waals surface area (Å²) in [5, 5.41) is 3.87. The van der Waals surface area contributed by atoms with E-state index in [1.807, 2.05) is 6.92 Å². The first kappa shape index (κ1) is 21.0. The van der Waals surface area contributed by atoms with Crippen molar-refractivity contribution in [3.05, 3.63) is 60.0 Å². The van der Waals surface area contributed by atoms with Crippen LogP contribution >= 0.6 is 0 Å². The lowest BCUT2D eigenvalue weighted by Crippen LogP contribution is -2.27. The summed E-state index contributed by atoms with van der Waals surface area (Å²) in [5.41, 5.74) is 1.95. The average molecular weight is 437 g/mol. The van der Waals surface area contributed by atoms with Crippen LogP contribution in [0.15, 0.2) is 57.9 Å². The van der Waals surface area contributed by atoms with E-state index in [1.54, 1.807) is 43.3 Å². The Labute approximate surface area is 169 Å². The molecule has 0 unspecified atom stereocenters. The van der Waals surface area contributed by atoms with Gasteiger partial charge in [0.15, 0.2) is 0 Å². The second-order valence-corrected chi connectivity index (χ2v) is 10.0. The fourth-order valence-corrected chi connectivity index (χ4v) is 4.26. The van der Waals surface area contributed by atoms with Gasteiger partial charge in [-0.3, -0.25) is 4.72 Å². The van der Waals surface area contributed by atoms with Crippen LogP contribution in [-0.2, 0) is 20.0 Å². The van der Waals surface area contributed by atoms with Crippen molar-refractivity contribution >= 4 is 25.7 Å². The highest BCUT2D eigenvalue weighted by Crippen LogP contribution is 2.22. The van der Waals surface area contributed by atoms with E-state index in [0.29, 0.717) is 11.3 Å². The van der Waals surface area contributed by atoms with Gasteiger partial charge in [-0.15, -0.1) is 0 Å². The minimum Gasteiger partial charge on any atom is -0.337 e. The molecular formula is C18H20N4O5S2. The molecule has 2 aromatic carbocycles. The molecule has 0 aliphatic carbocycles. The molecule has 0 spiro atoms. The highest BCUT2D eigenvalue weighted by molar-refractivity contribution is 7.92. The number of aromatic nitrogens is 2. The van der Waals surface area contributed by atoms with Gasteiger partial charge in [-0.05, 0) is 50.2 Å². The Morgan fingerprint density at radius 1 is 0.966 bits per heavy atom. The molecule has 29 heavy (non-hydrogen) atoms. The molecule has 1 heterocycles. The molecule has 2 N–H and O–H groups in total. The van der Waals surface area contributed by atoms with Crippen LogP contribution in [0.3, 0.4) is 0 Å². The minimum absolute atomic E-state index is 0.106. The summed E-state index contributed by atoms with van der Waals surface area (Å²) in [6.07, 6.45) is 1.06. The van der Waals surface area contributed by atoms with Crippen molar-refractivity contribution in [1.82, 2.24) is 14.9 Å². The molecule has 154 valence electrons. The maximum Gasteiger partial charge on any atom is 0.244 e. The van der Waals surface area contributed by atoms with E-state index in [9.17, 15) is 16.8 Å². The first-order chi connectivity index (χ1) is 13.5. The smallest absolute Gasteiger partial charge is 0.244 e. The summed E-state index contributed by atoms with van der Waals surface area (Å²) in [6.45, 7) is 3.47. The molecule has 0 radical (unpaired) electrons. The van der Waals surface area contributed by atoms with Crippen LogP contribution in [0.25, 0.3) is 11.4 Å². The zero-order valence-electron chi connectivity index (χ0n) is 15.9. The molecule has 9 nitrogen and oxygen atoms in total. The molecule has 1 atom stereocenters. The summed E-state index contributed by atoms with van der Waals surface area (Å²) in [4.78, 5) is 4.38. The lowest BCUT2D eigenvalue weighted by Gasteiger charge is -2.10. The van der Waals surface area contributed by atoms with Crippen LogP contribution in [0, 0.1) is 6.92 Å². The number of anilines is 1. The van der Waals surface area contributed by atoms with Crippen LogP contribution in [0.1, 0.15) is 24.4 Å². The zero-order valence-corrected chi connectivity index (χ0v) is 17.6. The molecule has 0 aliphatic heterocycles. The van der Waals surface area contributed by atoms with Gasteiger partial charge in [-0.2, -0.15) is 9.71 Å². The van der Waals surface area contributed by atoms with Crippen molar-refractivity contribution in [2.45, 2.75) is 24.8 Å². The summed E-state index contributed by atoms with van der Waals surface area (Å²) < 4.78 is 57.6. The molecule has 0 fully saturated rings. The SMILES string of the molecule is Cc1ccc(S(=O)(=O)N[C@H](C)c2nc(-c3ccc(NS(C)(=O)=O)cc3)no2)cc1. The first-order valence-electron chi connectivity index (χ1n) is 8.54. The predicted octanol–water partition coefficient (Wildman–Crippen LogP) is 2.46. The summed E-state index contributed by atoms with van der Waals surface area (Å²) in [6, 6.07) is 12.1.